The molecule has 6 heteroatoms. The Labute approximate surface area is 297 Å². The van der Waals surface area contributed by atoms with Crippen LogP contribution in [-0.2, 0) is 0 Å². The van der Waals surface area contributed by atoms with Crippen molar-refractivity contribution in [3.8, 4) is 56.8 Å². The van der Waals surface area contributed by atoms with Crippen molar-refractivity contribution < 1.29 is 0 Å². The molecule has 0 amide bonds. The molecule has 0 fully saturated rings. The molecule has 238 valence electrons. The molecule has 0 aliphatic carbocycles. The highest BCUT2D eigenvalue weighted by Crippen LogP contribution is 2.40. The van der Waals surface area contributed by atoms with Gasteiger partial charge in [-0.05, 0) is 33.7 Å². The zero-order valence-electron chi connectivity index (χ0n) is 27.2. The van der Waals surface area contributed by atoms with E-state index in [4.69, 9.17) is 24.9 Å². The van der Waals surface area contributed by atoms with Gasteiger partial charge in [-0.15, -0.1) is 11.3 Å². The van der Waals surface area contributed by atoms with Gasteiger partial charge in [0.1, 0.15) is 0 Å². The fraction of sp³-hybridized carbons (Fsp3) is 0. The van der Waals surface area contributed by atoms with Crippen LogP contribution in [0.1, 0.15) is 0 Å². The van der Waals surface area contributed by atoms with Gasteiger partial charge >= 0.3 is 0 Å². The minimum absolute atomic E-state index is 0.604. The molecule has 0 aliphatic heterocycles. The third-order valence-corrected chi connectivity index (χ3v) is 10.5. The van der Waals surface area contributed by atoms with Crippen molar-refractivity contribution in [2.45, 2.75) is 0 Å². The van der Waals surface area contributed by atoms with Crippen LogP contribution in [0.25, 0.3) is 98.7 Å². The standard InChI is InChI=1S/C45H27N5S/c1-3-13-28(14-4-1)39-41-40(36-21-11-12-22-38(36)51-41)47-42(46-39)30-23-25-31(26-24-30)44-48-43(29-15-5-2-6-16-29)49-45(50-44)37-27-32-17-7-8-18-33(32)34-19-9-10-20-35(34)37/h1-27H. The molecule has 5 nitrogen and oxygen atoms in total. The SMILES string of the molecule is c1ccc(-c2nc(-c3ccc(-c4nc(-c5ccccc5)c5sc6ccccc6c5n4)cc3)nc(-c3cc4ccccc4c4ccccc34)n2)cc1. The zero-order valence-corrected chi connectivity index (χ0v) is 28.0. The van der Waals surface area contributed by atoms with E-state index in [0.717, 1.165) is 59.9 Å². The van der Waals surface area contributed by atoms with Crippen LogP contribution in [0.2, 0.25) is 0 Å². The number of fused-ring (bicyclic) bond motifs is 6. The molecule has 0 atom stereocenters. The Morgan fingerprint density at radius 2 is 0.863 bits per heavy atom. The van der Waals surface area contributed by atoms with Crippen LogP contribution in [0, 0.1) is 0 Å². The summed E-state index contributed by atoms with van der Waals surface area (Å²) >= 11 is 1.74. The molecule has 7 aromatic carbocycles. The molecule has 0 N–H and O–H groups in total. The third-order valence-electron chi connectivity index (χ3n) is 9.34. The first-order valence-electron chi connectivity index (χ1n) is 16.8. The van der Waals surface area contributed by atoms with E-state index in [-0.39, 0.29) is 0 Å². The largest absolute Gasteiger partial charge is 0.226 e. The van der Waals surface area contributed by atoms with E-state index < -0.39 is 0 Å². The highest BCUT2D eigenvalue weighted by Gasteiger charge is 2.18. The molecule has 0 saturated heterocycles. The maximum Gasteiger partial charge on any atom is 0.164 e. The number of hydrogen-bond donors (Lipinski definition) is 0. The van der Waals surface area contributed by atoms with E-state index in [1.807, 2.05) is 36.4 Å². The molecule has 0 aliphatic rings. The minimum atomic E-state index is 0.604. The summed E-state index contributed by atoms with van der Waals surface area (Å²) in [5.74, 6) is 2.55. The van der Waals surface area contributed by atoms with Crippen molar-refractivity contribution in [3.63, 3.8) is 0 Å². The first-order chi connectivity index (χ1) is 25.3. The van der Waals surface area contributed by atoms with Gasteiger partial charge in [0.25, 0.3) is 0 Å². The average Bonchev–Trinajstić information content (AvgIpc) is 3.59. The van der Waals surface area contributed by atoms with Crippen LogP contribution in [0.5, 0.6) is 0 Å². The second-order valence-electron chi connectivity index (χ2n) is 12.5. The van der Waals surface area contributed by atoms with Crippen molar-refractivity contribution in [3.05, 3.63) is 164 Å². The number of benzene rings is 7. The molecular weight excluding hydrogens is 643 g/mol. The Hall–Kier alpha value is -6.63. The van der Waals surface area contributed by atoms with Crippen molar-refractivity contribution in [2.75, 3.05) is 0 Å². The number of aromatic nitrogens is 5. The van der Waals surface area contributed by atoms with Gasteiger partial charge in [-0.2, -0.15) is 0 Å². The van der Waals surface area contributed by atoms with Crippen molar-refractivity contribution >= 4 is 53.2 Å². The monoisotopic (exact) mass is 669 g/mol. The third kappa shape index (κ3) is 5.12. The van der Waals surface area contributed by atoms with E-state index in [0.29, 0.717) is 23.3 Å². The van der Waals surface area contributed by atoms with Gasteiger partial charge in [-0.3, -0.25) is 0 Å². The van der Waals surface area contributed by atoms with E-state index in [1.54, 1.807) is 11.3 Å². The average molecular weight is 670 g/mol. The van der Waals surface area contributed by atoms with Gasteiger partial charge < -0.3 is 0 Å². The molecular formula is C45H27N5S. The van der Waals surface area contributed by atoms with Gasteiger partial charge in [-0.1, -0.05) is 152 Å². The van der Waals surface area contributed by atoms with Crippen molar-refractivity contribution in [1.82, 2.24) is 24.9 Å². The van der Waals surface area contributed by atoms with Gasteiger partial charge in [0.15, 0.2) is 23.3 Å². The Bertz CT molecular complexity index is 2900. The highest BCUT2D eigenvalue weighted by atomic mass is 32.1. The quantitative estimate of drug-likeness (QED) is 0.171. The van der Waals surface area contributed by atoms with Gasteiger partial charge in [0, 0.05) is 37.9 Å². The van der Waals surface area contributed by atoms with E-state index in [2.05, 4.69) is 127 Å². The lowest BCUT2D eigenvalue weighted by molar-refractivity contribution is 1.08. The number of hydrogen-bond acceptors (Lipinski definition) is 6. The Balaban J connectivity index is 1.13. The molecule has 0 unspecified atom stereocenters. The van der Waals surface area contributed by atoms with Crippen LogP contribution in [0.15, 0.2) is 164 Å². The van der Waals surface area contributed by atoms with Crippen molar-refractivity contribution in [2.24, 2.45) is 0 Å². The Kier molecular flexibility index (Phi) is 6.93. The fourth-order valence-corrected chi connectivity index (χ4v) is 8.01. The molecule has 10 rings (SSSR count). The van der Waals surface area contributed by atoms with Crippen LogP contribution >= 0.6 is 11.3 Å². The lowest BCUT2D eigenvalue weighted by Crippen LogP contribution is -2.01. The minimum Gasteiger partial charge on any atom is -0.226 e. The van der Waals surface area contributed by atoms with Crippen LogP contribution < -0.4 is 0 Å². The van der Waals surface area contributed by atoms with Crippen LogP contribution in [-0.4, -0.2) is 24.9 Å². The van der Waals surface area contributed by atoms with E-state index >= 15 is 0 Å². The molecule has 0 saturated carbocycles. The first kappa shape index (κ1) is 29.3. The Morgan fingerprint density at radius 3 is 1.57 bits per heavy atom. The van der Waals surface area contributed by atoms with Crippen LogP contribution in [0.3, 0.4) is 0 Å². The summed E-state index contributed by atoms with van der Waals surface area (Å²) in [7, 11) is 0. The van der Waals surface area contributed by atoms with Crippen LogP contribution in [0.4, 0.5) is 0 Å². The zero-order chi connectivity index (χ0) is 33.7. The summed E-state index contributed by atoms with van der Waals surface area (Å²) in [4.78, 5) is 25.5. The normalized spacial score (nSPS) is 11.5. The number of nitrogens with zero attached hydrogens (tertiary/aromatic N) is 5. The summed E-state index contributed by atoms with van der Waals surface area (Å²) < 4.78 is 2.29. The fourth-order valence-electron chi connectivity index (χ4n) is 6.86. The number of thiophene rings is 1. The molecule has 3 heterocycles. The molecule has 3 aromatic heterocycles. The van der Waals surface area contributed by atoms with E-state index in [9.17, 15) is 0 Å². The second kappa shape index (κ2) is 12.1. The maximum atomic E-state index is 5.16. The predicted molar refractivity (Wildman–Crippen MR) is 210 cm³/mol. The molecule has 10 aromatic rings. The molecule has 0 spiro atoms. The molecule has 51 heavy (non-hydrogen) atoms. The highest BCUT2D eigenvalue weighted by molar-refractivity contribution is 7.26. The maximum absolute atomic E-state index is 5.16. The lowest BCUT2D eigenvalue weighted by Gasteiger charge is -2.12. The van der Waals surface area contributed by atoms with Crippen molar-refractivity contribution in [1.29, 1.82) is 0 Å². The Morgan fingerprint density at radius 1 is 0.353 bits per heavy atom. The summed E-state index contributed by atoms with van der Waals surface area (Å²) in [6.45, 7) is 0. The topological polar surface area (TPSA) is 64.5 Å². The lowest BCUT2D eigenvalue weighted by atomic mass is 9.97. The predicted octanol–water partition coefficient (Wildman–Crippen LogP) is 11.7. The molecule has 0 bridgehead atoms. The second-order valence-corrected chi connectivity index (χ2v) is 13.5. The van der Waals surface area contributed by atoms with Gasteiger partial charge in [0.2, 0.25) is 0 Å². The van der Waals surface area contributed by atoms with Gasteiger partial charge in [-0.25, -0.2) is 24.9 Å². The smallest absolute Gasteiger partial charge is 0.164 e. The summed E-state index contributed by atoms with van der Waals surface area (Å²) in [6.07, 6.45) is 0. The first-order valence-corrected chi connectivity index (χ1v) is 17.7. The van der Waals surface area contributed by atoms with Gasteiger partial charge in [0.05, 0.1) is 15.9 Å². The summed E-state index contributed by atoms with van der Waals surface area (Å²) in [6, 6.07) is 56.3. The summed E-state index contributed by atoms with van der Waals surface area (Å²) in [5, 5.41) is 5.76. The number of rotatable bonds is 5. The van der Waals surface area contributed by atoms with E-state index in [1.165, 1.54) is 15.5 Å². The summed E-state index contributed by atoms with van der Waals surface area (Å²) in [5.41, 5.74) is 6.70. The molecule has 0 radical (unpaired) electrons.